The van der Waals surface area contributed by atoms with Crippen LogP contribution in [-0.4, -0.2) is 31.3 Å². The van der Waals surface area contributed by atoms with Crippen molar-refractivity contribution in [2.75, 3.05) is 5.32 Å². The van der Waals surface area contributed by atoms with Crippen molar-refractivity contribution in [3.8, 4) is 0 Å². The van der Waals surface area contributed by atoms with Gasteiger partial charge in [-0.15, -0.1) is 0 Å². The van der Waals surface area contributed by atoms with E-state index in [0.29, 0.717) is 10.8 Å². The molecule has 0 aliphatic rings. The summed E-state index contributed by atoms with van der Waals surface area (Å²) < 4.78 is 0. The van der Waals surface area contributed by atoms with Crippen LogP contribution >= 0.6 is 11.8 Å². The second-order valence-corrected chi connectivity index (χ2v) is 5.17. The Morgan fingerprint density at radius 3 is 2.70 bits per heavy atom. The lowest BCUT2D eigenvalue weighted by Gasteiger charge is -2.10. The minimum Gasteiger partial charge on any atom is -0.325 e. The fraction of sp³-hybridized carbons (Fsp3) is 0.182. The van der Waals surface area contributed by atoms with E-state index in [4.69, 9.17) is 0 Å². The molecule has 0 radical (unpaired) electrons. The lowest BCUT2D eigenvalue weighted by Crippen LogP contribution is -2.22. The summed E-state index contributed by atoms with van der Waals surface area (Å²) in [6.45, 7) is 1.73. The van der Waals surface area contributed by atoms with Gasteiger partial charge in [-0.1, -0.05) is 11.8 Å². The fourth-order valence-electron chi connectivity index (χ4n) is 1.38. The first-order valence-corrected chi connectivity index (χ1v) is 6.51. The molecule has 1 aromatic heterocycles. The normalized spacial score (nSPS) is 11.8. The third-order valence-electron chi connectivity index (χ3n) is 2.40. The van der Waals surface area contributed by atoms with Crippen LogP contribution in [0.1, 0.15) is 6.92 Å². The summed E-state index contributed by atoms with van der Waals surface area (Å²) in [5.74, 6) is -0.222. The predicted octanol–water partition coefficient (Wildman–Crippen LogP) is 1.83. The van der Waals surface area contributed by atoms with Crippen molar-refractivity contribution in [1.29, 1.82) is 0 Å². The molecule has 0 saturated carbocycles. The molecule has 0 aliphatic carbocycles. The van der Waals surface area contributed by atoms with E-state index in [1.54, 1.807) is 6.92 Å². The average Bonchev–Trinajstić information content (AvgIpc) is 2.92. The zero-order valence-electron chi connectivity index (χ0n) is 10.4. The molecule has 104 valence electrons. The summed E-state index contributed by atoms with van der Waals surface area (Å²) in [6, 6.07) is 5.65. The van der Waals surface area contributed by atoms with Crippen molar-refractivity contribution in [1.82, 2.24) is 15.2 Å². The van der Waals surface area contributed by atoms with Gasteiger partial charge in [0.15, 0.2) is 5.16 Å². The summed E-state index contributed by atoms with van der Waals surface area (Å²) in [5, 5.41) is 19.7. The Balaban J connectivity index is 1.95. The van der Waals surface area contributed by atoms with Crippen molar-refractivity contribution in [2.24, 2.45) is 0 Å². The maximum atomic E-state index is 11.9. The van der Waals surface area contributed by atoms with E-state index in [1.807, 2.05) is 0 Å². The Kier molecular flexibility index (Phi) is 4.31. The smallest absolute Gasteiger partial charge is 0.269 e. The molecular formula is C11H11N5O3S. The molecular weight excluding hydrogens is 282 g/mol. The first-order chi connectivity index (χ1) is 9.56. The number of amides is 1. The molecule has 0 spiro atoms. The van der Waals surface area contributed by atoms with E-state index in [9.17, 15) is 14.9 Å². The molecule has 1 amide bonds. The van der Waals surface area contributed by atoms with Crippen LogP contribution in [-0.2, 0) is 4.79 Å². The number of rotatable bonds is 5. The van der Waals surface area contributed by atoms with E-state index in [0.717, 1.165) is 0 Å². The first-order valence-electron chi connectivity index (χ1n) is 5.63. The molecule has 0 bridgehead atoms. The van der Waals surface area contributed by atoms with Crippen molar-refractivity contribution in [3.05, 3.63) is 40.7 Å². The molecule has 1 heterocycles. The minimum atomic E-state index is -0.492. The molecule has 9 heteroatoms. The highest BCUT2D eigenvalue weighted by atomic mass is 32.2. The number of benzene rings is 1. The Morgan fingerprint density at radius 2 is 2.15 bits per heavy atom. The van der Waals surface area contributed by atoms with Crippen LogP contribution in [0.15, 0.2) is 35.7 Å². The minimum absolute atomic E-state index is 0.0212. The quantitative estimate of drug-likeness (QED) is 0.494. The van der Waals surface area contributed by atoms with Crippen LogP contribution in [0.3, 0.4) is 0 Å². The van der Waals surface area contributed by atoms with Gasteiger partial charge in [-0.05, 0) is 19.1 Å². The topological polar surface area (TPSA) is 114 Å². The van der Waals surface area contributed by atoms with Gasteiger partial charge >= 0.3 is 0 Å². The van der Waals surface area contributed by atoms with Gasteiger partial charge in [0.1, 0.15) is 6.33 Å². The number of nitrogens with one attached hydrogen (secondary N) is 2. The van der Waals surface area contributed by atoms with Crippen molar-refractivity contribution in [3.63, 3.8) is 0 Å². The lowest BCUT2D eigenvalue weighted by atomic mass is 10.3. The summed E-state index contributed by atoms with van der Waals surface area (Å²) >= 11 is 1.24. The van der Waals surface area contributed by atoms with E-state index >= 15 is 0 Å². The molecule has 0 saturated heterocycles. The average molecular weight is 293 g/mol. The van der Waals surface area contributed by atoms with Crippen molar-refractivity contribution >= 4 is 29.0 Å². The second-order valence-electron chi connectivity index (χ2n) is 3.84. The summed E-state index contributed by atoms with van der Waals surface area (Å²) in [7, 11) is 0. The van der Waals surface area contributed by atoms with Gasteiger partial charge in [0.05, 0.1) is 10.2 Å². The second kappa shape index (κ2) is 6.15. The van der Waals surface area contributed by atoms with Crippen LogP contribution < -0.4 is 5.32 Å². The zero-order chi connectivity index (χ0) is 14.5. The van der Waals surface area contributed by atoms with Gasteiger partial charge in [0.2, 0.25) is 5.91 Å². The highest BCUT2D eigenvalue weighted by molar-refractivity contribution is 8.00. The number of carbonyl (C=O) groups is 1. The van der Waals surface area contributed by atoms with E-state index in [-0.39, 0.29) is 16.8 Å². The van der Waals surface area contributed by atoms with E-state index in [1.165, 1.54) is 42.4 Å². The molecule has 2 rings (SSSR count). The number of aromatic nitrogens is 3. The zero-order valence-corrected chi connectivity index (χ0v) is 11.3. The maximum Gasteiger partial charge on any atom is 0.269 e. The predicted molar refractivity (Wildman–Crippen MR) is 73.4 cm³/mol. The molecule has 1 aromatic carbocycles. The number of hydrogen-bond acceptors (Lipinski definition) is 6. The summed E-state index contributed by atoms with van der Waals surface area (Å²) in [4.78, 5) is 25.9. The fourth-order valence-corrected chi connectivity index (χ4v) is 2.10. The highest BCUT2D eigenvalue weighted by Crippen LogP contribution is 2.20. The van der Waals surface area contributed by atoms with Gasteiger partial charge in [-0.3, -0.25) is 20.0 Å². The number of aromatic amines is 1. The third kappa shape index (κ3) is 3.54. The molecule has 20 heavy (non-hydrogen) atoms. The number of H-pyrrole nitrogens is 1. The lowest BCUT2D eigenvalue weighted by molar-refractivity contribution is -0.384. The largest absolute Gasteiger partial charge is 0.325 e. The van der Waals surface area contributed by atoms with Crippen LogP contribution in [0.25, 0.3) is 0 Å². The SMILES string of the molecule is C[C@H](Sc1ncn[nH]1)C(=O)Nc1ccc([N+](=O)[O-])cc1. The van der Waals surface area contributed by atoms with Crippen molar-refractivity contribution < 1.29 is 9.72 Å². The van der Waals surface area contributed by atoms with Crippen molar-refractivity contribution in [2.45, 2.75) is 17.3 Å². The number of anilines is 1. The highest BCUT2D eigenvalue weighted by Gasteiger charge is 2.16. The van der Waals surface area contributed by atoms with Gasteiger partial charge < -0.3 is 5.32 Å². The van der Waals surface area contributed by atoms with Gasteiger partial charge in [-0.25, -0.2) is 4.98 Å². The molecule has 0 fully saturated rings. The number of hydrogen-bond donors (Lipinski definition) is 2. The molecule has 0 aliphatic heterocycles. The number of carbonyl (C=O) groups excluding carboxylic acids is 1. The van der Waals surface area contributed by atoms with Gasteiger partial charge in [0, 0.05) is 17.8 Å². The monoisotopic (exact) mass is 293 g/mol. The summed E-state index contributed by atoms with van der Waals surface area (Å²) in [6.07, 6.45) is 1.36. The Labute approximate surface area is 118 Å². The molecule has 8 nitrogen and oxygen atoms in total. The van der Waals surface area contributed by atoms with E-state index < -0.39 is 4.92 Å². The number of nitro groups is 1. The van der Waals surface area contributed by atoms with Crippen LogP contribution in [0.4, 0.5) is 11.4 Å². The molecule has 1 atom stereocenters. The Morgan fingerprint density at radius 1 is 1.45 bits per heavy atom. The Bertz CT molecular complexity index is 599. The van der Waals surface area contributed by atoms with E-state index in [2.05, 4.69) is 20.5 Å². The number of nitrogens with zero attached hydrogens (tertiary/aromatic N) is 3. The molecule has 2 aromatic rings. The standard InChI is InChI=1S/C11H11N5O3S/c1-7(20-11-12-6-13-15-11)10(17)14-8-2-4-9(5-3-8)16(18)19/h2-7H,1H3,(H,14,17)(H,12,13,15)/t7-/m0/s1. The van der Waals surface area contributed by atoms with Gasteiger partial charge in [-0.2, -0.15) is 5.10 Å². The van der Waals surface area contributed by atoms with Crippen LogP contribution in [0, 0.1) is 10.1 Å². The third-order valence-corrected chi connectivity index (χ3v) is 3.38. The molecule has 0 unspecified atom stereocenters. The van der Waals surface area contributed by atoms with Crippen LogP contribution in [0.5, 0.6) is 0 Å². The number of thioether (sulfide) groups is 1. The first kappa shape index (κ1) is 14.0. The number of non-ortho nitro benzene ring substituents is 1. The maximum absolute atomic E-state index is 11.9. The summed E-state index contributed by atoms with van der Waals surface area (Å²) in [5.41, 5.74) is 0.484. The number of nitro benzene ring substituents is 1. The Hall–Kier alpha value is -2.42. The molecule has 2 N–H and O–H groups in total. The van der Waals surface area contributed by atoms with Gasteiger partial charge in [0.25, 0.3) is 5.69 Å². The van der Waals surface area contributed by atoms with Crippen LogP contribution in [0.2, 0.25) is 0 Å².